The van der Waals surface area contributed by atoms with Crippen LogP contribution in [-0.4, -0.2) is 22.7 Å². The van der Waals surface area contributed by atoms with Gasteiger partial charge in [-0.3, -0.25) is 9.42 Å². The van der Waals surface area contributed by atoms with Gasteiger partial charge in [0.1, 0.15) is 0 Å². The molecular formula is C7H8ClF3N2O. The molecule has 80 valence electrons. The largest absolute Gasteiger partial charge is 0.522 e. The normalized spacial score (nSPS) is 12.0. The fourth-order valence-corrected chi connectivity index (χ4v) is 0.991. The minimum Gasteiger partial charge on any atom is -0.290 e. The van der Waals surface area contributed by atoms with E-state index in [0.717, 1.165) is 5.56 Å². The molecule has 1 aromatic rings. The van der Waals surface area contributed by atoms with Gasteiger partial charge in [0.25, 0.3) is 0 Å². The van der Waals surface area contributed by atoms with Crippen molar-refractivity contribution in [1.82, 2.24) is 9.78 Å². The molecule has 0 aliphatic carbocycles. The minimum atomic E-state index is -4.58. The van der Waals surface area contributed by atoms with Crippen LogP contribution in [0.2, 0.25) is 0 Å². The van der Waals surface area contributed by atoms with Gasteiger partial charge in [-0.25, -0.2) is 0 Å². The van der Waals surface area contributed by atoms with Gasteiger partial charge in [0.15, 0.2) is 0 Å². The Hall–Kier alpha value is -0.750. The maximum atomic E-state index is 11.6. The van der Waals surface area contributed by atoms with Crippen LogP contribution in [0, 0.1) is 0 Å². The summed E-state index contributed by atoms with van der Waals surface area (Å²) in [7, 11) is 0. The summed E-state index contributed by atoms with van der Waals surface area (Å²) in [5.74, 6) is 0.292. The topological polar surface area (TPSA) is 27.1 Å². The molecule has 1 rings (SSSR count). The highest BCUT2D eigenvalue weighted by molar-refractivity contribution is 6.17. The third kappa shape index (κ3) is 3.97. The molecular weight excluding hydrogens is 221 g/mol. The molecule has 14 heavy (non-hydrogen) atoms. The van der Waals surface area contributed by atoms with Gasteiger partial charge in [-0.15, -0.1) is 24.8 Å². The van der Waals surface area contributed by atoms with Crippen molar-refractivity contribution in [1.29, 1.82) is 0 Å². The summed E-state index contributed by atoms with van der Waals surface area (Å²) in [5.41, 5.74) is 0.763. The lowest BCUT2D eigenvalue weighted by Crippen LogP contribution is -2.17. The first-order chi connectivity index (χ1) is 6.51. The van der Waals surface area contributed by atoms with Gasteiger partial charge in [0.05, 0.1) is 25.2 Å². The number of ether oxygens (including phenoxy) is 1. The number of halogens is 4. The van der Waals surface area contributed by atoms with Crippen LogP contribution in [0.25, 0.3) is 0 Å². The summed E-state index contributed by atoms with van der Waals surface area (Å²) in [4.78, 5) is 0. The quantitative estimate of drug-likeness (QED) is 0.739. The van der Waals surface area contributed by atoms with Crippen molar-refractivity contribution in [2.75, 3.05) is 6.61 Å². The molecule has 0 aromatic carbocycles. The molecule has 0 aliphatic rings. The van der Waals surface area contributed by atoms with Crippen LogP contribution < -0.4 is 0 Å². The Balaban J connectivity index is 2.31. The number of hydrogen-bond acceptors (Lipinski definition) is 2. The second-order valence-electron chi connectivity index (χ2n) is 2.54. The number of hydrogen-bond donors (Lipinski definition) is 0. The Labute approximate surface area is 83.4 Å². The molecule has 7 heteroatoms. The fraction of sp³-hybridized carbons (Fsp3) is 0.571. The Morgan fingerprint density at radius 2 is 2.21 bits per heavy atom. The van der Waals surface area contributed by atoms with Crippen molar-refractivity contribution in [3.8, 4) is 0 Å². The van der Waals surface area contributed by atoms with E-state index in [1.165, 1.54) is 10.9 Å². The van der Waals surface area contributed by atoms with Crippen LogP contribution in [0.4, 0.5) is 13.2 Å². The van der Waals surface area contributed by atoms with Gasteiger partial charge in [0.2, 0.25) is 0 Å². The first-order valence-corrected chi connectivity index (χ1v) is 4.33. The predicted molar refractivity (Wildman–Crippen MR) is 43.8 cm³/mol. The lowest BCUT2D eigenvalue weighted by atomic mass is 10.4. The van der Waals surface area contributed by atoms with E-state index in [1.807, 2.05) is 0 Å². The van der Waals surface area contributed by atoms with Crippen molar-refractivity contribution < 1.29 is 17.9 Å². The Bertz CT molecular complexity index is 287. The molecule has 0 unspecified atom stereocenters. The van der Waals surface area contributed by atoms with E-state index in [1.54, 1.807) is 6.20 Å². The van der Waals surface area contributed by atoms with Crippen LogP contribution in [0.5, 0.6) is 0 Å². The molecule has 0 spiro atoms. The Morgan fingerprint density at radius 1 is 1.50 bits per heavy atom. The summed E-state index contributed by atoms with van der Waals surface area (Å²) in [5, 5.41) is 3.79. The highest BCUT2D eigenvalue weighted by Gasteiger charge is 2.28. The van der Waals surface area contributed by atoms with Crippen LogP contribution in [0.15, 0.2) is 12.4 Å². The number of aromatic nitrogens is 2. The van der Waals surface area contributed by atoms with E-state index in [0.29, 0.717) is 5.88 Å². The first-order valence-electron chi connectivity index (χ1n) is 3.79. The van der Waals surface area contributed by atoms with Crippen LogP contribution in [0.1, 0.15) is 5.56 Å². The molecule has 0 fully saturated rings. The predicted octanol–water partition coefficient (Wildman–Crippen LogP) is 2.16. The molecule has 0 radical (unpaired) electrons. The van der Waals surface area contributed by atoms with Gasteiger partial charge < -0.3 is 0 Å². The molecule has 0 saturated heterocycles. The number of alkyl halides is 4. The molecule has 0 N–H and O–H groups in total. The SMILES string of the molecule is FC(F)(F)OCCn1cc(CCl)cn1. The van der Waals surface area contributed by atoms with Gasteiger partial charge in [-0.2, -0.15) is 5.10 Å². The highest BCUT2D eigenvalue weighted by Crippen LogP contribution is 2.15. The fourth-order valence-electron chi connectivity index (χ4n) is 0.853. The van der Waals surface area contributed by atoms with E-state index < -0.39 is 13.0 Å². The molecule has 1 heterocycles. The smallest absolute Gasteiger partial charge is 0.290 e. The average molecular weight is 229 g/mol. The summed E-state index contributed by atoms with van der Waals surface area (Å²) in [6.45, 7) is -0.399. The number of rotatable bonds is 4. The van der Waals surface area contributed by atoms with Crippen molar-refractivity contribution >= 4 is 11.6 Å². The molecule has 0 amide bonds. The molecule has 0 aliphatic heterocycles. The molecule has 1 aromatic heterocycles. The van der Waals surface area contributed by atoms with E-state index in [2.05, 4.69) is 9.84 Å². The lowest BCUT2D eigenvalue weighted by Gasteiger charge is -2.06. The maximum Gasteiger partial charge on any atom is 0.522 e. The zero-order valence-electron chi connectivity index (χ0n) is 7.09. The van der Waals surface area contributed by atoms with Crippen LogP contribution in [0.3, 0.4) is 0 Å². The Morgan fingerprint density at radius 3 is 2.71 bits per heavy atom. The zero-order valence-corrected chi connectivity index (χ0v) is 7.85. The third-order valence-electron chi connectivity index (χ3n) is 1.43. The molecule has 0 bridgehead atoms. The van der Waals surface area contributed by atoms with Crippen molar-refractivity contribution in [3.63, 3.8) is 0 Å². The second-order valence-corrected chi connectivity index (χ2v) is 2.81. The third-order valence-corrected chi connectivity index (χ3v) is 1.74. The van der Waals surface area contributed by atoms with E-state index in [9.17, 15) is 13.2 Å². The summed E-state index contributed by atoms with van der Waals surface area (Å²) < 4.78 is 39.6. The zero-order chi connectivity index (χ0) is 10.6. The van der Waals surface area contributed by atoms with Crippen molar-refractivity contribution in [2.24, 2.45) is 0 Å². The van der Waals surface area contributed by atoms with Gasteiger partial charge in [0, 0.05) is 11.8 Å². The summed E-state index contributed by atoms with van der Waals surface area (Å²) in [6, 6.07) is 0. The molecule has 3 nitrogen and oxygen atoms in total. The standard InChI is InChI=1S/C7H8ClF3N2O/c8-3-6-4-12-13(5-6)1-2-14-7(9,10)11/h4-5H,1-3H2. The molecule has 0 atom stereocenters. The van der Waals surface area contributed by atoms with Gasteiger partial charge >= 0.3 is 6.36 Å². The first kappa shape index (κ1) is 11.3. The van der Waals surface area contributed by atoms with Crippen LogP contribution >= 0.6 is 11.6 Å². The van der Waals surface area contributed by atoms with Crippen molar-refractivity contribution in [2.45, 2.75) is 18.8 Å². The maximum absolute atomic E-state index is 11.6. The van der Waals surface area contributed by atoms with E-state index in [4.69, 9.17) is 11.6 Å². The number of nitrogens with zero attached hydrogens (tertiary/aromatic N) is 2. The van der Waals surface area contributed by atoms with Crippen molar-refractivity contribution in [3.05, 3.63) is 18.0 Å². The highest BCUT2D eigenvalue weighted by atomic mass is 35.5. The van der Waals surface area contributed by atoms with Crippen LogP contribution in [-0.2, 0) is 17.2 Å². The summed E-state index contributed by atoms with van der Waals surface area (Å²) >= 11 is 5.48. The summed E-state index contributed by atoms with van der Waals surface area (Å²) in [6.07, 6.45) is -1.50. The second kappa shape index (κ2) is 4.65. The Kier molecular flexibility index (Phi) is 3.77. The van der Waals surface area contributed by atoms with E-state index >= 15 is 0 Å². The minimum absolute atomic E-state index is 0.0520. The average Bonchev–Trinajstić information content (AvgIpc) is 2.50. The monoisotopic (exact) mass is 228 g/mol. The van der Waals surface area contributed by atoms with Gasteiger partial charge in [-0.05, 0) is 0 Å². The molecule has 0 saturated carbocycles. The van der Waals surface area contributed by atoms with Gasteiger partial charge in [-0.1, -0.05) is 0 Å². The lowest BCUT2D eigenvalue weighted by molar-refractivity contribution is -0.325. The van der Waals surface area contributed by atoms with E-state index in [-0.39, 0.29) is 6.54 Å².